The number of anilines is 4. The summed E-state index contributed by atoms with van der Waals surface area (Å²) < 4.78 is 16.5. The largest absolute Gasteiger partial charge is 0.495 e. The Kier molecular flexibility index (Phi) is 11.0. The normalized spacial score (nSPS) is 10.2. The van der Waals surface area contributed by atoms with E-state index >= 15 is 0 Å². The van der Waals surface area contributed by atoms with Gasteiger partial charge in [0.1, 0.15) is 17.2 Å². The molecule has 0 spiro atoms. The second kappa shape index (κ2) is 14.9. The predicted octanol–water partition coefficient (Wildman–Crippen LogP) is 6.40. The minimum Gasteiger partial charge on any atom is -0.495 e. The van der Waals surface area contributed by atoms with Crippen molar-refractivity contribution in [3.8, 4) is 28.4 Å². The van der Waals surface area contributed by atoms with Crippen LogP contribution in [0.15, 0.2) is 91.0 Å². The molecule has 0 heterocycles. The maximum atomic E-state index is 5.82. The fourth-order valence-corrected chi connectivity index (χ4v) is 3.71. The Morgan fingerprint density at radius 2 is 0.974 bits per heavy atom. The molecule has 0 bridgehead atoms. The Labute approximate surface area is 225 Å². The molecule has 8 N–H and O–H groups in total. The molecule has 0 saturated heterocycles. The van der Waals surface area contributed by atoms with Crippen LogP contribution in [0.25, 0.3) is 11.1 Å². The van der Waals surface area contributed by atoms with Crippen LogP contribution in [0.4, 0.5) is 22.7 Å². The zero-order valence-electron chi connectivity index (χ0n) is 21.9. The molecule has 200 valence electrons. The van der Waals surface area contributed by atoms with E-state index in [0.717, 1.165) is 54.0 Å². The number of hydrogen-bond acceptors (Lipinski definition) is 7. The van der Waals surface area contributed by atoms with Crippen LogP contribution in [-0.2, 0) is 0 Å². The number of para-hydroxylation sites is 4. The van der Waals surface area contributed by atoms with Crippen molar-refractivity contribution in [2.45, 2.75) is 25.7 Å². The van der Waals surface area contributed by atoms with E-state index < -0.39 is 0 Å². The van der Waals surface area contributed by atoms with Crippen molar-refractivity contribution in [3.63, 3.8) is 0 Å². The SMILES string of the molecule is COc1cc(-c2ccc(N)cc2)ccc1N.Nc1ccccc1OCCCCCCOc1ccccc1N. The van der Waals surface area contributed by atoms with Crippen LogP contribution in [0.3, 0.4) is 0 Å². The molecule has 0 aliphatic heterocycles. The van der Waals surface area contributed by atoms with E-state index in [0.29, 0.717) is 36.0 Å². The second-order valence-electron chi connectivity index (χ2n) is 8.77. The fraction of sp³-hybridized carbons (Fsp3) is 0.226. The molecule has 0 aromatic heterocycles. The van der Waals surface area contributed by atoms with Gasteiger partial charge in [-0.3, -0.25) is 0 Å². The molecule has 7 heteroatoms. The van der Waals surface area contributed by atoms with Crippen molar-refractivity contribution in [1.29, 1.82) is 0 Å². The number of unbranched alkanes of at least 4 members (excludes halogenated alkanes) is 3. The van der Waals surface area contributed by atoms with Gasteiger partial charge in [-0.2, -0.15) is 0 Å². The number of nitrogen functional groups attached to an aromatic ring is 4. The van der Waals surface area contributed by atoms with Gasteiger partial charge in [-0.15, -0.1) is 0 Å². The maximum Gasteiger partial charge on any atom is 0.142 e. The smallest absolute Gasteiger partial charge is 0.142 e. The van der Waals surface area contributed by atoms with Crippen molar-refractivity contribution >= 4 is 22.7 Å². The second-order valence-corrected chi connectivity index (χ2v) is 8.77. The molecule has 0 atom stereocenters. The summed E-state index contributed by atoms with van der Waals surface area (Å²) in [5, 5.41) is 0. The number of nitrogens with two attached hydrogens (primary N) is 4. The third-order valence-corrected chi connectivity index (χ3v) is 5.87. The van der Waals surface area contributed by atoms with Crippen molar-refractivity contribution in [2.75, 3.05) is 43.3 Å². The van der Waals surface area contributed by atoms with Crippen molar-refractivity contribution < 1.29 is 14.2 Å². The summed E-state index contributed by atoms with van der Waals surface area (Å²) in [7, 11) is 1.61. The minimum atomic E-state index is 0.640. The lowest BCUT2D eigenvalue weighted by Gasteiger charge is -2.09. The van der Waals surface area contributed by atoms with Gasteiger partial charge in [-0.05, 0) is 85.3 Å². The zero-order valence-corrected chi connectivity index (χ0v) is 21.9. The van der Waals surface area contributed by atoms with Gasteiger partial charge in [0.15, 0.2) is 0 Å². The average Bonchev–Trinajstić information content (AvgIpc) is 2.93. The Morgan fingerprint density at radius 1 is 0.500 bits per heavy atom. The number of rotatable bonds is 11. The molecule has 4 aromatic rings. The van der Waals surface area contributed by atoms with Crippen molar-refractivity contribution in [2.24, 2.45) is 0 Å². The van der Waals surface area contributed by atoms with Gasteiger partial charge in [0.25, 0.3) is 0 Å². The van der Waals surface area contributed by atoms with Gasteiger partial charge < -0.3 is 37.1 Å². The molecule has 7 nitrogen and oxygen atoms in total. The summed E-state index contributed by atoms with van der Waals surface area (Å²) >= 11 is 0. The third kappa shape index (κ3) is 8.85. The molecule has 0 radical (unpaired) electrons. The van der Waals surface area contributed by atoms with Crippen LogP contribution >= 0.6 is 0 Å². The number of methoxy groups -OCH3 is 1. The van der Waals surface area contributed by atoms with Crippen LogP contribution in [0.2, 0.25) is 0 Å². The molecule has 0 saturated carbocycles. The summed E-state index contributed by atoms with van der Waals surface area (Å²) in [6.07, 6.45) is 4.25. The van der Waals surface area contributed by atoms with Crippen LogP contribution in [0.5, 0.6) is 17.2 Å². The Hall–Kier alpha value is -4.52. The minimum absolute atomic E-state index is 0.640. The molecule has 0 fully saturated rings. The number of benzene rings is 4. The lowest BCUT2D eigenvalue weighted by molar-refractivity contribution is 0.289. The zero-order chi connectivity index (χ0) is 27.2. The van der Waals surface area contributed by atoms with E-state index in [1.54, 1.807) is 7.11 Å². The summed E-state index contributed by atoms with van der Waals surface area (Å²) in [5.41, 5.74) is 28.0. The monoisotopic (exact) mass is 514 g/mol. The first-order valence-electron chi connectivity index (χ1n) is 12.7. The van der Waals surface area contributed by atoms with E-state index in [4.69, 9.17) is 37.1 Å². The van der Waals surface area contributed by atoms with E-state index in [1.165, 1.54) is 0 Å². The van der Waals surface area contributed by atoms with Gasteiger partial charge in [0, 0.05) is 5.69 Å². The molecule has 38 heavy (non-hydrogen) atoms. The highest BCUT2D eigenvalue weighted by atomic mass is 16.5. The van der Waals surface area contributed by atoms with Crippen LogP contribution < -0.4 is 37.1 Å². The molecule has 0 amide bonds. The Balaban J connectivity index is 0.000000221. The van der Waals surface area contributed by atoms with Gasteiger partial charge >= 0.3 is 0 Å². The van der Waals surface area contributed by atoms with E-state index in [2.05, 4.69) is 0 Å². The van der Waals surface area contributed by atoms with Crippen LogP contribution in [0.1, 0.15) is 25.7 Å². The van der Waals surface area contributed by atoms with Crippen molar-refractivity contribution in [1.82, 2.24) is 0 Å². The van der Waals surface area contributed by atoms with E-state index in [-0.39, 0.29) is 0 Å². The average molecular weight is 515 g/mol. The fourth-order valence-electron chi connectivity index (χ4n) is 3.71. The molecule has 0 aliphatic carbocycles. The third-order valence-electron chi connectivity index (χ3n) is 5.87. The first-order valence-corrected chi connectivity index (χ1v) is 12.7. The summed E-state index contributed by atoms with van der Waals surface area (Å²) in [5.74, 6) is 2.23. The maximum absolute atomic E-state index is 5.82. The summed E-state index contributed by atoms with van der Waals surface area (Å²) in [6, 6.07) is 28.6. The van der Waals surface area contributed by atoms with Crippen LogP contribution in [0, 0.1) is 0 Å². The van der Waals surface area contributed by atoms with E-state index in [1.807, 2.05) is 91.0 Å². The highest BCUT2D eigenvalue weighted by Gasteiger charge is 2.03. The Morgan fingerprint density at radius 3 is 1.47 bits per heavy atom. The first-order chi connectivity index (χ1) is 18.5. The quantitative estimate of drug-likeness (QED) is 0.135. The topological polar surface area (TPSA) is 132 Å². The van der Waals surface area contributed by atoms with E-state index in [9.17, 15) is 0 Å². The molecular formula is C31H38N4O3. The summed E-state index contributed by atoms with van der Waals surface area (Å²) in [4.78, 5) is 0. The van der Waals surface area contributed by atoms with Gasteiger partial charge in [0.2, 0.25) is 0 Å². The number of ether oxygens (including phenoxy) is 3. The molecule has 4 rings (SSSR count). The molecule has 4 aromatic carbocycles. The number of hydrogen-bond donors (Lipinski definition) is 4. The van der Waals surface area contributed by atoms with Crippen LogP contribution in [-0.4, -0.2) is 20.3 Å². The molecule has 0 aliphatic rings. The van der Waals surface area contributed by atoms with Gasteiger partial charge in [0.05, 0.1) is 37.4 Å². The van der Waals surface area contributed by atoms with Gasteiger partial charge in [-0.25, -0.2) is 0 Å². The lowest BCUT2D eigenvalue weighted by atomic mass is 10.0. The summed E-state index contributed by atoms with van der Waals surface area (Å²) in [6.45, 7) is 1.39. The predicted molar refractivity (Wildman–Crippen MR) is 158 cm³/mol. The molecular weight excluding hydrogens is 476 g/mol. The van der Waals surface area contributed by atoms with Gasteiger partial charge in [-0.1, -0.05) is 42.5 Å². The highest BCUT2D eigenvalue weighted by Crippen LogP contribution is 2.29. The first kappa shape index (κ1) is 28.1. The highest BCUT2D eigenvalue weighted by molar-refractivity contribution is 5.71. The van der Waals surface area contributed by atoms with Crippen molar-refractivity contribution in [3.05, 3.63) is 91.0 Å². The lowest BCUT2D eigenvalue weighted by Crippen LogP contribution is -2.02. The molecule has 0 unspecified atom stereocenters. The Bertz CT molecular complexity index is 1210. The standard InChI is InChI=1S/C18H24N2O2.C13H14N2O/c19-15-9-3-5-11-17(15)21-13-7-1-2-8-14-22-18-12-6-4-10-16(18)20;1-16-13-8-10(4-7-12(13)15)9-2-5-11(14)6-3-9/h3-6,9-12H,1-2,7-8,13-14,19-20H2;2-8H,14-15H2,1H3.